The van der Waals surface area contributed by atoms with Gasteiger partial charge in [-0.3, -0.25) is 4.79 Å². The number of alkyl halides is 3. The quantitative estimate of drug-likeness (QED) is 0.868. The molecular formula is C13H15F3O3. The van der Waals surface area contributed by atoms with Crippen LogP contribution in [0.2, 0.25) is 0 Å². The molecule has 0 bridgehead atoms. The summed E-state index contributed by atoms with van der Waals surface area (Å²) in [5.41, 5.74) is -0.930. The smallest absolute Gasteiger partial charge is 0.416 e. The first-order chi connectivity index (χ1) is 8.77. The lowest BCUT2D eigenvalue weighted by Gasteiger charge is -2.19. The lowest BCUT2D eigenvalue weighted by Crippen LogP contribution is -2.22. The van der Waals surface area contributed by atoms with Crippen LogP contribution in [-0.4, -0.2) is 16.2 Å². The molecular weight excluding hydrogens is 261 g/mol. The van der Waals surface area contributed by atoms with Gasteiger partial charge >= 0.3 is 12.1 Å². The number of rotatable bonds is 5. The van der Waals surface area contributed by atoms with Crippen LogP contribution in [-0.2, 0) is 11.0 Å². The van der Waals surface area contributed by atoms with Gasteiger partial charge in [0.05, 0.1) is 17.6 Å². The van der Waals surface area contributed by atoms with Crippen LogP contribution >= 0.6 is 0 Å². The van der Waals surface area contributed by atoms with Gasteiger partial charge in [-0.1, -0.05) is 25.5 Å². The first-order valence-corrected chi connectivity index (χ1v) is 5.85. The van der Waals surface area contributed by atoms with Crippen LogP contribution in [0.4, 0.5) is 13.2 Å². The average molecular weight is 276 g/mol. The summed E-state index contributed by atoms with van der Waals surface area (Å²) in [6, 6.07) is 4.12. The molecule has 0 aromatic heterocycles. The van der Waals surface area contributed by atoms with Crippen molar-refractivity contribution in [2.24, 2.45) is 5.92 Å². The van der Waals surface area contributed by atoms with Gasteiger partial charge < -0.3 is 10.2 Å². The first-order valence-electron chi connectivity index (χ1n) is 5.85. The van der Waals surface area contributed by atoms with E-state index in [1.54, 1.807) is 6.92 Å². The molecule has 0 radical (unpaired) electrons. The third kappa shape index (κ3) is 3.96. The number of hydrogen-bond donors (Lipinski definition) is 2. The summed E-state index contributed by atoms with van der Waals surface area (Å²) >= 11 is 0. The van der Waals surface area contributed by atoms with Crippen molar-refractivity contribution in [2.45, 2.75) is 32.0 Å². The second-order valence-electron chi connectivity index (χ2n) is 4.30. The maximum absolute atomic E-state index is 12.5. The second kappa shape index (κ2) is 6.06. The molecule has 3 nitrogen and oxygen atoms in total. The molecule has 0 amide bonds. The van der Waals surface area contributed by atoms with E-state index in [9.17, 15) is 23.1 Å². The van der Waals surface area contributed by atoms with Crippen molar-refractivity contribution in [1.29, 1.82) is 0 Å². The van der Waals surface area contributed by atoms with Crippen LogP contribution in [0.1, 0.15) is 37.0 Å². The highest BCUT2D eigenvalue weighted by Crippen LogP contribution is 2.33. The third-order valence-corrected chi connectivity index (χ3v) is 2.85. The van der Waals surface area contributed by atoms with Crippen molar-refractivity contribution in [3.8, 4) is 0 Å². The van der Waals surface area contributed by atoms with Gasteiger partial charge in [0.1, 0.15) is 0 Å². The molecule has 2 unspecified atom stereocenters. The van der Waals surface area contributed by atoms with Gasteiger partial charge in [-0.15, -0.1) is 0 Å². The van der Waals surface area contributed by atoms with Crippen LogP contribution in [0.15, 0.2) is 24.3 Å². The Morgan fingerprint density at radius 1 is 1.37 bits per heavy atom. The van der Waals surface area contributed by atoms with Gasteiger partial charge in [0, 0.05) is 0 Å². The van der Waals surface area contributed by atoms with Gasteiger partial charge in [-0.25, -0.2) is 0 Å². The van der Waals surface area contributed by atoms with E-state index in [4.69, 9.17) is 5.11 Å². The second-order valence-corrected chi connectivity index (χ2v) is 4.30. The SMILES string of the molecule is CCCC(C(=O)O)C(O)c1cccc(C(F)(F)F)c1. The summed E-state index contributed by atoms with van der Waals surface area (Å²) in [5, 5.41) is 18.9. The Morgan fingerprint density at radius 3 is 2.47 bits per heavy atom. The Balaban J connectivity index is 3.04. The Labute approximate surface area is 108 Å². The molecule has 1 aromatic rings. The number of aliphatic hydroxyl groups excluding tert-OH is 1. The third-order valence-electron chi connectivity index (χ3n) is 2.85. The number of carbonyl (C=O) groups is 1. The van der Waals surface area contributed by atoms with Crippen LogP contribution in [0, 0.1) is 5.92 Å². The zero-order valence-corrected chi connectivity index (χ0v) is 10.3. The molecule has 0 saturated carbocycles. The minimum absolute atomic E-state index is 0.0318. The standard InChI is InChI=1S/C13H15F3O3/c1-2-4-10(12(18)19)11(17)8-5-3-6-9(7-8)13(14,15)16/h3,5-7,10-11,17H,2,4H2,1H3,(H,18,19). The molecule has 2 N–H and O–H groups in total. The van der Waals surface area contributed by atoms with Gasteiger partial charge in [-0.2, -0.15) is 13.2 Å². The van der Waals surface area contributed by atoms with Gasteiger partial charge in [0.2, 0.25) is 0 Å². The van der Waals surface area contributed by atoms with Gasteiger partial charge in [-0.05, 0) is 24.1 Å². The molecule has 6 heteroatoms. The van der Waals surface area contributed by atoms with Crippen molar-refractivity contribution >= 4 is 5.97 Å². The van der Waals surface area contributed by atoms with E-state index in [0.717, 1.165) is 18.2 Å². The largest absolute Gasteiger partial charge is 0.481 e. The van der Waals surface area contributed by atoms with Crippen LogP contribution in [0.5, 0.6) is 0 Å². The van der Waals surface area contributed by atoms with Crippen molar-refractivity contribution in [3.05, 3.63) is 35.4 Å². The molecule has 0 heterocycles. The molecule has 0 aliphatic heterocycles. The molecule has 0 aliphatic carbocycles. The summed E-state index contributed by atoms with van der Waals surface area (Å²) < 4.78 is 37.6. The van der Waals surface area contributed by atoms with Crippen LogP contribution in [0.3, 0.4) is 0 Å². The maximum atomic E-state index is 12.5. The average Bonchev–Trinajstić information content (AvgIpc) is 2.34. The van der Waals surface area contributed by atoms with Crippen molar-refractivity contribution in [1.82, 2.24) is 0 Å². The summed E-state index contributed by atoms with van der Waals surface area (Å²) in [6.07, 6.45) is -5.24. The highest BCUT2D eigenvalue weighted by atomic mass is 19.4. The monoisotopic (exact) mass is 276 g/mol. The molecule has 19 heavy (non-hydrogen) atoms. The van der Waals surface area contributed by atoms with E-state index < -0.39 is 29.7 Å². The summed E-state index contributed by atoms with van der Waals surface area (Å²) in [7, 11) is 0. The van der Waals surface area contributed by atoms with Crippen LogP contribution < -0.4 is 0 Å². The van der Waals surface area contributed by atoms with Crippen molar-refractivity contribution in [2.75, 3.05) is 0 Å². The summed E-state index contributed by atoms with van der Waals surface area (Å²) in [5.74, 6) is -2.32. The van der Waals surface area contributed by atoms with E-state index in [2.05, 4.69) is 0 Å². The highest BCUT2D eigenvalue weighted by Gasteiger charge is 2.32. The van der Waals surface area contributed by atoms with E-state index in [1.165, 1.54) is 6.07 Å². The number of aliphatic hydroxyl groups is 1. The summed E-state index contributed by atoms with van der Waals surface area (Å²) in [6.45, 7) is 1.74. The Hall–Kier alpha value is -1.56. The predicted molar refractivity (Wildman–Crippen MR) is 62.4 cm³/mol. The first kappa shape index (κ1) is 15.5. The van der Waals surface area contributed by atoms with E-state index in [1.807, 2.05) is 0 Å². The molecule has 0 aliphatic rings. The molecule has 1 rings (SSSR count). The number of hydrogen-bond acceptors (Lipinski definition) is 2. The minimum atomic E-state index is -4.51. The summed E-state index contributed by atoms with van der Waals surface area (Å²) in [4.78, 5) is 11.0. The Kier molecular flexibility index (Phi) is 4.94. The Bertz CT molecular complexity index is 443. The molecule has 0 saturated heterocycles. The minimum Gasteiger partial charge on any atom is -0.481 e. The van der Waals surface area contributed by atoms with Crippen molar-refractivity contribution in [3.63, 3.8) is 0 Å². The topological polar surface area (TPSA) is 57.5 Å². The number of aliphatic carboxylic acids is 1. The molecule has 2 atom stereocenters. The Morgan fingerprint density at radius 2 is 2.00 bits per heavy atom. The maximum Gasteiger partial charge on any atom is 0.416 e. The molecule has 0 fully saturated rings. The van der Waals surface area contributed by atoms with E-state index >= 15 is 0 Å². The fraction of sp³-hybridized carbons (Fsp3) is 0.462. The molecule has 1 aromatic carbocycles. The number of benzene rings is 1. The van der Waals surface area contributed by atoms with E-state index in [-0.39, 0.29) is 12.0 Å². The van der Waals surface area contributed by atoms with Gasteiger partial charge in [0.15, 0.2) is 0 Å². The van der Waals surface area contributed by atoms with Gasteiger partial charge in [0.25, 0.3) is 0 Å². The normalized spacial score (nSPS) is 15.0. The fourth-order valence-corrected chi connectivity index (χ4v) is 1.86. The highest BCUT2D eigenvalue weighted by molar-refractivity contribution is 5.71. The number of halogens is 3. The predicted octanol–water partition coefficient (Wildman–Crippen LogP) is 3.24. The number of carboxylic acid groups (broad SMARTS) is 1. The van der Waals surface area contributed by atoms with Crippen LogP contribution in [0.25, 0.3) is 0 Å². The fourth-order valence-electron chi connectivity index (χ4n) is 1.86. The number of carboxylic acids is 1. The lowest BCUT2D eigenvalue weighted by atomic mass is 9.91. The zero-order valence-electron chi connectivity index (χ0n) is 10.3. The molecule has 0 spiro atoms. The zero-order chi connectivity index (χ0) is 14.6. The van der Waals surface area contributed by atoms with E-state index in [0.29, 0.717) is 6.42 Å². The van der Waals surface area contributed by atoms with Crippen molar-refractivity contribution < 1.29 is 28.2 Å². The lowest BCUT2D eigenvalue weighted by molar-refractivity contribution is -0.146. The molecule has 106 valence electrons.